The molecule has 0 aliphatic carbocycles. The van der Waals surface area contributed by atoms with Crippen molar-refractivity contribution in [2.24, 2.45) is 5.41 Å². The van der Waals surface area contributed by atoms with E-state index in [1.54, 1.807) is 25.3 Å². The van der Waals surface area contributed by atoms with E-state index < -0.39 is 12.0 Å². The Morgan fingerprint density at radius 2 is 2.00 bits per heavy atom. The lowest BCUT2D eigenvalue weighted by Crippen LogP contribution is -2.55. The van der Waals surface area contributed by atoms with Crippen molar-refractivity contribution >= 4 is 17.8 Å². The third-order valence-corrected chi connectivity index (χ3v) is 5.46. The van der Waals surface area contributed by atoms with Gasteiger partial charge in [-0.1, -0.05) is 0 Å². The first-order chi connectivity index (χ1) is 11.4. The molecule has 130 valence electrons. The molecule has 1 aromatic heterocycles. The summed E-state index contributed by atoms with van der Waals surface area (Å²) in [7, 11) is 0. The van der Waals surface area contributed by atoms with Crippen molar-refractivity contribution < 1.29 is 19.5 Å². The van der Waals surface area contributed by atoms with Crippen molar-refractivity contribution in [3.8, 4) is 0 Å². The average molecular weight is 333 g/mol. The molecule has 24 heavy (non-hydrogen) atoms. The van der Waals surface area contributed by atoms with Crippen LogP contribution in [-0.4, -0.2) is 63.4 Å². The van der Waals surface area contributed by atoms with Crippen LogP contribution in [0.5, 0.6) is 0 Å². The van der Waals surface area contributed by atoms with Gasteiger partial charge in [-0.15, -0.1) is 0 Å². The normalized spacial score (nSPS) is 21.8. The summed E-state index contributed by atoms with van der Waals surface area (Å²) in [5.41, 5.74) is 0.523. The fourth-order valence-corrected chi connectivity index (χ4v) is 3.76. The number of carbonyl (C=O) groups is 3. The molecule has 2 fully saturated rings. The van der Waals surface area contributed by atoms with E-state index in [2.05, 4.69) is 4.98 Å². The Balaban J connectivity index is 1.65. The third-order valence-electron chi connectivity index (χ3n) is 5.46. The van der Waals surface area contributed by atoms with Crippen molar-refractivity contribution in [2.45, 2.75) is 38.6 Å². The molecule has 0 unspecified atom stereocenters. The Hall–Kier alpha value is -2.31. The van der Waals surface area contributed by atoms with Gasteiger partial charge in [0.25, 0.3) is 5.91 Å². The number of amides is 2. The maximum atomic E-state index is 12.4. The zero-order valence-electron chi connectivity index (χ0n) is 13.8. The number of nitrogens with zero attached hydrogens (tertiary/aromatic N) is 2. The fourth-order valence-electron chi connectivity index (χ4n) is 3.76. The lowest BCUT2D eigenvalue weighted by atomic mass is 9.72. The highest BCUT2D eigenvalue weighted by Crippen LogP contribution is 2.41. The Bertz CT molecular complexity index is 632. The Morgan fingerprint density at radius 1 is 1.29 bits per heavy atom. The van der Waals surface area contributed by atoms with Crippen LogP contribution < -0.4 is 0 Å². The predicted octanol–water partition coefficient (Wildman–Crippen LogP) is 1.33. The van der Waals surface area contributed by atoms with Gasteiger partial charge in [-0.05, 0) is 43.7 Å². The fraction of sp³-hybridized carbons (Fsp3) is 0.588. The smallest absolute Gasteiger partial charge is 0.326 e. The number of carbonyl (C=O) groups excluding carboxylic acids is 2. The quantitative estimate of drug-likeness (QED) is 0.873. The number of aliphatic carboxylic acids is 1. The molecule has 2 aliphatic rings. The molecule has 7 heteroatoms. The molecule has 2 amide bonds. The van der Waals surface area contributed by atoms with Crippen LogP contribution in [0.3, 0.4) is 0 Å². The standard InChI is InChI=1S/C17H23N3O4/c1-12(16(23)24)20-11-17(5-4-14(20)21)6-9-19(10-7-17)15(22)13-3-2-8-18-13/h2-3,8,12,18H,4-7,9-11H2,1H3,(H,23,24)/t12-/m1/s1. The molecule has 7 nitrogen and oxygen atoms in total. The van der Waals surface area contributed by atoms with E-state index in [-0.39, 0.29) is 17.2 Å². The summed E-state index contributed by atoms with van der Waals surface area (Å²) >= 11 is 0. The molecule has 3 heterocycles. The number of likely N-dealkylation sites (tertiary alicyclic amines) is 2. The van der Waals surface area contributed by atoms with Gasteiger partial charge in [-0.2, -0.15) is 0 Å². The van der Waals surface area contributed by atoms with Gasteiger partial charge in [-0.25, -0.2) is 4.79 Å². The van der Waals surface area contributed by atoms with E-state index in [0.29, 0.717) is 31.7 Å². The van der Waals surface area contributed by atoms with Crippen molar-refractivity contribution in [2.75, 3.05) is 19.6 Å². The van der Waals surface area contributed by atoms with Gasteiger partial charge >= 0.3 is 5.97 Å². The van der Waals surface area contributed by atoms with Crippen LogP contribution in [0.1, 0.15) is 43.1 Å². The minimum Gasteiger partial charge on any atom is -0.480 e. The Labute approximate surface area is 140 Å². The zero-order valence-corrected chi connectivity index (χ0v) is 13.8. The van der Waals surface area contributed by atoms with E-state index in [1.165, 1.54) is 4.90 Å². The number of H-pyrrole nitrogens is 1. The van der Waals surface area contributed by atoms with Gasteiger partial charge in [0, 0.05) is 32.3 Å². The van der Waals surface area contributed by atoms with Crippen molar-refractivity contribution in [3.63, 3.8) is 0 Å². The molecule has 0 aromatic carbocycles. The maximum Gasteiger partial charge on any atom is 0.326 e. The van der Waals surface area contributed by atoms with Gasteiger partial charge < -0.3 is 19.9 Å². The number of hydrogen-bond acceptors (Lipinski definition) is 3. The highest BCUT2D eigenvalue weighted by molar-refractivity contribution is 5.92. The van der Waals surface area contributed by atoms with Gasteiger partial charge in [0.1, 0.15) is 11.7 Å². The van der Waals surface area contributed by atoms with Gasteiger partial charge in [-0.3, -0.25) is 9.59 Å². The minimum absolute atomic E-state index is 0.00232. The predicted molar refractivity (Wildman–Crippen MR) is 86.4 cm³/mol. The van der Waals surface area contributed by atoms with Crippen molar-refractivity contribution in [1.82, 2.24) is 14.8 Å². The Morgan fingerprint density at radius 3 is 2.58 bits per heavy atom. The molecule has 2 aliphatic heterocycles. The molecule has 0 bridgehead atoms. The molecule has 0 radical (unpaired) electrons. The first kappa shape index (κ1) is 16.5. The number of piperidine rings is 2. The SMILES string of the molecule is C[C@H](C(=O)O)N1CC2(CCC1=O)CCN(C(=O)c1ccc[nH]1)CC2. The third kappa shape index (κ3) is 3.02. The summed E-state index contributed by atoms with van der Waals surface area (Å²) in [6.45, 7) is 3.32. The molecule has 0 saturated carbocycles. The molecule has 1 spiro atoms. The first-order valence-electron chi connectivity index (χ1n) is 8.37. The lowest BCUT2D eigenvalue weighted by Gasteiger charge is -2.48. The van der Waals surface area contributed by atoms with E-state index in [4.69, 9.17) is 0 Å². The second kappa shape index (κ2) is 6.30. The summed E-state index contributed by atoms with van der Waals surface area (Å²) in [4.78, 5) is 42.0. The van der Waals surface area contributed by atoms with Crippen LogP contribution in [0.25, 0.3) is 0 Å². The van der Waals surface area contributed by atoms with Gasteiger partial charge in [0.15, 0.2) is 0 Å². The minimum atomic E-state index is -0.972. The van der Waals surface area contributed by atoms with Crippen LogP contribution in [-0.2, 0) is 9.59 Å². The molecular weight excluding hydrogens is 310 g/mol. The monoisotopic (exact) mass is 333 g/mol. The van der Waals surface area contributed by atoms with Crippen molar-refractivity contribution in [1.29, 1.82) is 0 Å². The van der Waals surface area contributed by atoms with Crippen LogP contribution in [0.2, 0.25) is 0 Å². The molecule has 2 N–H and O–H groups in total. The summed E-state index contributed by atoms with van der Waals surface area (Å²) < 4.78 is 0. The molecule has 2 saturated heterocycles. The van der Waals surface area contributed by atoms with Crippen LogP contribution in [0, 0.1) is 5.41 Å². The number of aromatic nitrogens is 1. The average Bonchev–Trinajstić information content (AvgIpc) is 3.11. The zero-order chi connectivity index (χ0) is 17.3. The summed E-state index contributed by atoms with van der Waals surface area (Å²) in [6, 6.07) is 2.77. The topological polar surface area (TPSA) is 93.7 Å². The molecule has 3 rings (SSSR count). The number of carboxylic acid groups (broad SMARTS) is 1. The lowest BCUT2D eigenvalue weighted by molar-refractivity contribution is -0.154. The summed E-state index contributed by atoms with van der Waals surface area (Å²) in [5, 5.41) is 9.21. The number of nitrogens with one attached hydrogen (secondary N) is 1. The van der Waals surface area contributed by atoms with E-state index in [9.17, 15) is 19.5 Å². The highest BCUT2D eigenvalue weighted by atomic mass is 16.4. The highest BCUT2D eigenvalue weighted by Gasteiger charge is 2.44. The number of carboxylic acids is 1. The molecule has 1 aromatic rings. The first-order valence-corrected chi connectivity index (χ1v) is 8.37. The molecular formula is C17H23N3O4. The van der Waals surface area contributed by atoms with E-state index in [0.717, 1.165) is 19.3 Å². The van der Waals surface area contributed by atoms with Crippen LogP contribution >= 0.6 is 0 Å². The number of hydrogen-bond donors (Lipinski definition) is 2. The Kier molecular flexibility index (Phi) is 4.34. The number of aromatic amines is 1. The van der Waals surface area contributed by atoms with Gasteiger partial charge in [0.2, 0.25) is 5.91 Å². The number of rotatable bonds is 3. The van der Waals surface area contributed by atoms with E-state index in [1.807, 2.05) is 4.90 Å². The second-order valence-corrected chi connectivity index (χ2v) is 6.91. The van der Waals surface area contributed by atoms with E-state index >= 15 is 0 Å². The second-order valence-electron chi connectivity index (χ2n) is 6.91. The summed E-state index contributed by atoms with van der Waals surface area (Å²) in [6.07, 6.45) is 4.50. The maximum absolute atomic E-state index is 12.4. The van der Waals surface area contributed by atoms with Crippen LogP contribution in [0.4, 0.5) is 0 Å². The largest absolute Gasteiger partial charge is 0.480 e. The van der Waals surface area contributed by atoms with Gasteiger partial charge in [0.05, 0.1) is 0 Å². The van der Waals surface area contributed by atoms with Crippen LogP contribution in [0.15, 0.2) is 18.3 Å². The van der Waals surface area contributed by atoms with Crippen molar-refractivity contribution in [3.05, 3.63) is 24.0 Å². The molecule has 1 atom stereocenters. The summed E-state index contributed by atoms with van der Waals surface area (Å²) in [5.74, 6) is -1.06.